The van der Waals surface area contributed by atoms with Gasteiger partial charge in [-0.1, -0.05) is 0 Å². The van der Waals surface area contributed by atoms with E-state index < -0.39 is 35.6 Å². The van der Waals surface area contributed by atoms with Crippen molar-refractivity contribution in [3.63, 3.8) is 0 Å². The zero-order valence-electron chi connectivity index (χ0n) is 12.5. The van der Waals surface area contributed by atoms with Crippen LogP contribution in [0.2, 0.25) is 0 Å². The number of nitrogens with zero attached hydrogens (tertiary/aromatic N) is 1. The molecule has 3 atom stereocenters. The number of ether oxygens (including phenoxy) is 2. The van der Waals surface area contributed by atoms with Crippen LogP contribution in [0, 0.1) is 10.1 Å². The van der Waals surface area contributed by atoms with Gasteiger partial charge in [-0.05, 0) is 18.2 Å². The number of non-ortho nitro benzene ring substituents is 1. The highest BCUT2D eigenvalue weighted by Gasteiger charge is 2.38. The van der Waals surface area contributed by atoms with Crippen molar-refractivity contribution in [2.24, 2.45) is 0 Å². The Labute approximate surface area is 136 Å². The summed E-state index contributed by atoms with van der Waals surface area (Å²) in [4.78, 5) is 21.3. The van der Waals surface area contributed by atoms with E-state index >= 15 is 0 Å². The minimum absolute atomic E-state index is 0.142. The Balaban J connectivity index is 2.21. The van der Waals surface area contributed by atoms with Crippen LogP contribution in [0.25, 0.3) is 0 Å². The fourth-order valence-corrected chi connectivity index (χ4v) is 2.09. The summed E-state index contributed by atoms with van der Waals surface area (Å²) in [5.41, 5.74) is -0.142. The van der Waals surface area contributed by atoms with Gasteiger partial charge >= 0.3 is 0 Å². The third-order valence-corrected chi connectivity index (χ3v) is 3.17. The molecule has 0 aromatic heterocycles. The van der Waals surface area contributed by atoms with Crippen molar-refractivity contribution >= 4 is 11.6 Å². The third-order valence-electron chi connectivity index (χ3n) is 3.17. The van der Waals surface area contributed by atoms with Gasteiger partial charge in [0.25, 0.3) is 12.0 Å². The topological polar surface area (TPSA) is 151 Å². The van der Waals surface area contributed by atoms with Gasteiger partial charge in [0.1, 0.15) is 17.9 Å². The SMILES string of the molecule is CC(=O)N[C@H]1[C@H](Oc2ccc([N+](=O)[O-])cc2)OC(C(O)O)=C[C@H]1O. The molecule has 1 amide bonds. The van der Waals surface area contributed by atoms with Gasteiger partial charge in [0, 0.05) is 19.1 Å². The van der Waals surface area contributed by atoms with E-state index in [4.69, 9.17) is 9.47 Å². The van der Waals surface area contributed by atoms with Gasteiger partial charge in [-0.2, -0.15) is 0 Å². The highest BCUT2D eigenvalue weighted by atomic mass is 16.7. The quantitative estimate of drug-likeness (QED) is 0.315. The van der Waals surface area contributed by atoms with Crippen molar-refractivity contribution in [1.29, 1.82) is 0 Å². The number of aliphatic hydroxyl groups excluding tert-OH is 2. The Kier molecular flexibility index (Phi) is 5.34. The molecule has 4 N–H and O–H groups in total. The Morgan fingerprint density at radius 3 is 2.50 bits per heavy atom. The summed E-state index contributed by atoms with van der Waals surface area (Å²) < 4.78 is 10.7. The lowest BCUT2D eigenvalue weighted by atomic mass is 10.1. The van der Waals surface area contributed by atoms with E-state index in [0.29, 0.717) is 0 Å². The van der Waals surface area contributed by atoms with E-state index in [0.717, 1.165) is 6.08 Å². The van der Waals surface area contributed by atoms with E-state index in [1.54, 1.807) is 0 Å². The number of nitro benzene ring substituents is 1. The molecule has 0 saturated heterocycles. The molecule has 10 heteroatoms. The molecule has 24 heavy (non-hydrogen) atoms. The number of nitrogens with one attached hydrogen (secondary N) is 1. The van der Waals surface area contributed by atoms with Gasteiger partial charge in [-0.3, -0.25) is 14.9 Å². The number of hydrogen-bond acceptors (Lipinski definition) is 8. The van der Waals surface area contributed by atoms with Crippen molar-refractivity contribution < 1.29 is 34.5 Å². The highest BCUT2D eigenvalue weighted by Crippen LogP contribution is 2.25. The molecule has 0 saturated carbocycles. The van der Waals surface area contributed by atoms with Crippen molar-refractivity contribution in [2.45, 2.75) is 31.6 Å². The maximum atomic E-state index is 11.3. The van der Waals surface area contributed by atoms with Crippen LogP contribution in [0.15, 0.2) is 36.1 Å². The van der Waals surface area contributed by atoms with Crippen molar-refractivity contribution in [2.75, 3.05) is 0 Å². The summed E-state index contributed by atoms with van der Waals surface area (Å²) in [6, 6.07) is 4.03. The van der Waals surface area contributed by atoms with Gasteiger partial charge < -0.3 is 30.1 Å². The summed E-state index contributed by atoms with van der Waals surface area (Å²) in [6.07, 6.45) is -3.49. The number of carbonyl (C=O) groups is 1. The lowest BCUT2D eigenvalue weighted by molar-refractivity contribution is -0.384. The largest absolute Gasteiger partial charge is 0.453 e. The molecule has 0 bridgehead atoms. The highest BCUT2D eigenvalue weighted by molar-refractivity contribution is 5.73. The second-order valence-corrected chi connectivity index (χ2v) is 5.01. The van der Waals surface area contributed by atoms with Crippen LogP contribution in [0.4, 0.5) is 5.69 Å². The number of nitro groups is 1. The zero-order valence-corrected chi connectivity index (χ0v) is 12.5. The molecule has 0 unspecified atom stereocenters. The predicted octanol–water partition coefficient (Wildman–Crippen LogP) is -0.610. The van der Waals surface area contributed by atoms with Crippen LogP contribution < -0.4 is 10.1 Å². The molecular formula is C14H16N2O8. The normalized spacial score (nSPS) is 23.2. The van der Waals surface area contributed by atoms with Crippen molar-refractivity contribution in [3.8, 4) is 5.75 Å². The first-order chi connectivity index (χ1) is 11.3. The summed E-state index contributed by atoms with van der Waals surface area (Å²) in [5, 5.41) is 41.5. The number of carbonyl (C=O) groups excluding carboxylic acids is 1. The number of amides is 1. The maximum absolute atomic E-state index is 11.3. The summed E-state index contributed by atoms with van der Waals surface area (Å²) in [7, 11) is 0. The van der Waals surface area contributed by atoms with Gasteiger partial charge in [0.2, 0.25) is 12.2 Å². The van der Waals surface area contributed by atoms with Gasteiger partial charge in [-0.15, -0.1) is 0 Å². The van der Waals surface area contributed by atoms with Crippen LogP contribution in [-0.4, -0.2) is 50.9 Å². The molecule has 1 aromatic rings. The Morgan fingerprint density at radius 2 is 2.00 bits per heavy atom. The van der Waals surface area contributed by atoms with Crippen LogP contribution in [0.3, 0.4) is 0 Å². The smallest absolute Gasteiger partial charge is 0.269 e. The second kappa shape index (κ2) is 7.25. The maximum Gasteiger partial charge on any atom is 0.269 e. The third kappa shape index (κ3) is 4.19. The molecule has 0 radical (unpaired) electrons. The first-order valence-corrected chi connectivity index (χ1v) is 6.88. The van der Waals surface area contributed by atoms with Crippen molar-refractivity contribution in [1.82, 2.24) is 5.32 Å². The fourth-order valence-electron chi connectivity index (χ4n) is 2.09. The Morgan fingerprint density at radius 1 is 1.38 bits per heavy atom. The van der Waals surface area contributed by atoms with E-state index in [1.165, 1.54) is 31.2 Å². The molecule has 1 aromatic carbocycles. The molecule has 1 aliphatic rings. The van der Waals surface area contributed by atoms with Crippen LogP contribution in [-0.2, 0) is 9.53 Å². The minimum atomic E-state index is -1.97. The first kappa shape index (κ1) is 17.7. The van der Waals surface area contributed by atoms with E-state index in [2.05, 4.69) is 5.32 Å². The monoisotopic (exact) mass is 340 g/mol. The minimum Gasteiger partial charge on any atom is -0.453 e. The van der Waals surface area contributed by atoms with E-state index in [9.17, 15) is 30.2 Å². The average Bonchev–Trinajstić information content (AvgIpc) is 2.50. The molecule has 0 aliphatic carbocycles. The Bertz CT molecular complexity index is 643. The number of aliphatic hydroxyl groups is 3. The van der Waals surface area contributed by atoms with Gasteiger partial charge in [-0.25, -0.2) is 0 Å². The van der Waals surface area contributed by atoms with E-state index in [1.807, 2.05) is 0 Å². The standard InChI is InChI=1S/C14H16N2O8/c1-7(17)15-12-10(18)6-11(13(19)20)24-14(12)23-9-4-2-8(3-5-9)16(21)22/h2-6,10,12-14,18-20H,1H3,(H,15,17)/t10-,12-,14-/m1/s1. The van der Waals surface area contributed by atoms with Crippen molar-refractivity contribution in [3.05, 3.63) is 46.2 Å². The molecular weight excluding hydrogens is 324 g/mol. The number of benzene rings is 1. The number of rotatable bonds is 5. The van der Waals surface area contributed by atoms with E-state index in [-0.39, 0.29) is 17.2 Å². The van der Waals surface area contributed by atoms with Crippen LogP contribution in [0.5, 0.6) is 5.75 Å². The molecule has 130 valence electrons. The molecule has 1 aliphatic heterocycles. The molecule has 1 heterocycles. The molecule has 0 fully saturated rings. The summed E-state index contributed by atoms with van der Waals surface area (Å²) in [5.74, 6) is -0.626. The Hall–Kier alpha value is -2.69. The van der Waals surface area contributed by atoms with Gasteiger partial charge in [0.15, 0.2) is 5.76 Å². The fraction of sp³-hybridized carbons (Fsp3) is 0.357. The number of hydrogen-bond donors (Lipinski definition) is 4. The summed E-state index contributed by atoms with van der Waals surface area (Å²) in [6.45, 7) is 1.23. The first-order valence-electron chi connectivity index (χ1n) is 6.88. The lowest BCUT2D eigenvalue weighted by Gasteiger charge is -2.35. The van der Waals surface area contributed by atoms with Crippen LogP contribution in [0.1, 0.15) is 6.92 Å². The van der Waals surface area contributed by atoms with Gasteiger partial charge in [0.05, 0.1) is 4.92 Å². The summed E-state index contributed by atoms with van der Waals surface area (Å²) >= 11 is 0. The molecule has 10 nitrogen and oxygen atoms in total. The van der Waals surface area contributed by atoms with Crippen LogP contribution >= 0.6 is 0 Å². The molecule has 2 rings (SSSR count). The average molecular weight is 340 g/mol. The zero-order chi connectivity index (χ0) is 17.9. The predicted molar refractivity (Wildman–Crippen MR) is 78.5 cm³/mol. The molecule has 0 spiro atoms. The lowest BCUT2D eigenvalue weighted by Crippen LogP contribution is -2.55. The second-order valence-electron chi connectivity index (χ2n) is 5.01.